The molecule has 0 aliphatic carbocycles. The second-order valence-corrected chi connectivity index (χ2v) is 11.9. The number of aliphatic carboxylic acids is 1. The van der Waals surface area contributed by atoms with E-state index in [1.807, 2.05) is 0 Å². The highest BCUT2D eigenvalue weighted by molar-refractivity contribution is 7.94. The zero-order chi connectivity index (χ0) is 28.3. The lowest BCUT2D eigenvalue weighted by molar-refractivity contribution is -0.137. The number of halogens is 3. The van der Waals surface area contributed by atoms with Gasteiger partial charge < -0.3 is 9.84 Å². The molecule has 0 saturated heterocycles. The topological polar surface area (TPSA) is 96.8 Å². The number of thiazole rings is 1. The fraction of sp³-hybridized carbons (Fsp3) is 0.308. The summed E-state index contributed by atoms with van der Waals surface area (Å²) in [4.78, 5) is 14.8. The maximum atomic E-state index is 13.6. The van der Waals surface area contributed by atoms with Crippen molar-refractivity contribution in [1.29, 1.82) is 0 Å². The number of anilines is 1. The number of benzene rings is 2. The standard InChI is InChI=1S/C26H27F3N2O5S2/c1-16(2)13-31(38(34,35)25-30-18(4)15-37-25)22-9-8-21(26(27,28)29)12-23(22)36-14-20-7-5-19(11-17(20)3)6-10-24(32)33/h5-12,15-16H,13-14H2,1-4H3,(H,32,33)/b10-6+. The number of hydrogen-bond acceptors (Lipinski definition) is 6. The molecule has 0 saturated carbocycles. The third-order valence-corrected chi connectivity index (χ3v) is 8.49. The van der Waals surface area contributed by atoms with Crippen LogP contribution in [0.4, 0.5) is 18.9 Å². The lowest BCUT2D eigenvalue weighted by Crippen LogP contribution is -2.34. The third kappa shape index (κ3) is 7.13. The molecule has 3 rings (SSSR count). The summed E-state index contributed by atoms with van der Waals surface area (Å²) in [5, 5.41) is 10.4. The Morgan fingerprint density at radius 2 is 1.89 bits per heavy atom. The Balaban J connectivity index is 2.04. The summed E-state index contributed by atoms with van der Waals surface area (Å²) >= 11 is 0.935. The number of aromatic nitrogens is 1. The number of sulfonamides is 1. The summed E-state index contributed by atoms with van der Waals surface area (Å²) in [6.07, 6.45) is -2.26. The molecular formula is C26H27F3N2O5S2. The molecule has 1 heterocycles. The normalized spacial score (nSPS) is 12.3. The van der Waals surface area contributed by atoms with Crippen LogP contribution in [0.3, 0.4) is 0 Å². The van der Waals surface area contributed by atoms with E-state index >= 15 is 0 Å². The highest BCUT2D eigenvalue weighted by atomic mass is 32.2. The van der Waals surface area contributed by atoms with Gasteiger partial charge in [0.25, 0.3) is 10.0 Å². The number of aryl methyl sites for hydroxylation is 2. The Morgan fingerprint density at radius 1 is 1.18 bits per heavy atom. The predicted octanol–water partition coefficient (Wildman–Crippen LogP) is 6.31. The Morgan fingerprint density at radius 3 is 2.45 bits per heavy atom. The van der Waals surface area contributed by atoms with Gasteiger partial charge in [-0.15, -0.1) is 11.3 Å². The Bertz CT molecular complexity index is 1450. The molecule has 0 atom stereocenters. The second-order valence-electron chi connectivity index (χ2n) is 9.01. The van der Waals surface area contributed by atoms with Crippen LogP contribution in [0.25, 0.3) is 6.08 Å². The molecule has 1 aromatic heterocycles. The van der Waals surface area contributed by atoms with Crippen molar-refractivity contribution in [3.8, 4) is 5.75 Å². The van der Waals surface area contributed by atoms with Crippen LogP contribution in [-0.4, -0.2) is 31.0 Å². The quantitative estimate of drug-likeness (QED) is 0.288. The van der Waals surface area contributed by atoms with Gasteiger partial charge in [-0.2, -0.15) is 21.6 Å². The van der Waals surface area contributed by atoms with Crippen molar-refractivity contribution in [2.75, 3.05) is 10.8 Å². The summed E-state index contributed by atoms with van der Waals surface area (Å²) in [5.74, 6) is -1.50. The van der Waals surface area contributed by atoms with Crippen molar-refractivity contribution in [3.05, 3.63) is 75.8 Å². The van der Waals surface area contributed by atoms with Gasteiger partial charge in [0.1, 0.15) is 12.4 Å². The molecule has 3 aromatic rings. The van der Waals surface area contributed by atoms with E-state index in [-0.39, 0.29) is 34.8 Å². The molecular weight excluding hydrogens is 541 g/mol. The molecule has 38 heavy (non-hydrogen) atoms. The molecule has 7 nitrogen and oxygen atoms in total. The minimum atomic E-state index is -4.67. The van der Waals surface area contributed by atoms with E-state index in [1.165, 1.54) is 6.08 Å². The van der Waals surface area contributed by atoms with Crippen LogP contribution in [0.15, 0.2) is 52.2 Å². The SMILES string of the molecule is Cc1csc(S(=O)(=O)N(CC(C)C)c2ccc(C(F)(F)F)cc2OCc2ccc(/C=C/C(=O)O)cc2C)n1. The molecule has 0 aliphatic rings. The molecule has 0 unspecified atom stereocenters. The van der Waals surface area contributed by atoms with Crippen LogP contribution in [0.5, 0.6) is 5.75 Å². The van der Waals surface area contributed by atoms with E-state index < -0.39 is 27.7 Å². The van der Waals surface area contributed by atoms with Crippen molar-refractivity contribution in [2.24, 2.45) is 5.92 Å². The zero-order valence-corrected chi connectivity index (χ0v) is 22.7. The number of carboxylic acids is 1. The summed E-state index contributed by atoms with van der Waals surface area (Å²) in [7, 11) is -4.19. The van der Waals surface area contributed by atoms with Crippen LogP contribution >= 0.6 is 11.3 Å². The molecule has 0 spiro atoms. The highest BCUT2D eigenvalue weighted by Crippen LogP contribution is 2.39. The molecule has 0 amide bonds. The maximum Gasteiger partial charge on any atom is 0.416 e. The number of ether oxygens (including phenoxy) is 1. The molecule has 1 N–H and O–H groups in total. The molecule has 0 fully saturated rings. The molecule has 204 valence electrons. The van der Waals surface area contributed by atoms with Gasteiger partial charge in [-0.3, -0.25) is 4.31 Å². The Hall–Kier alpha value is -3.38. The summed E-state index contributed by atoms with van der Waals surface area (Å²) in [6, 6.07) is 7.76. The monoisotopic (exact) mass is 568 g/mol. The third-order valence-electron chi connectivity index (χ3n) is 5.36. The molecule has 0 bridgehead atoms. The first-order chi connectivity index (χ1) is 17.7. The lowest BCUT2D eigenvalue weighted by Gasteiger charge is -2.27. The van der Waals surface area contributed by atoms with Crippen molar-refractivity contribution in [2.45, 2.75) is 44.8 Å². The summed E-state index contributed by atoms with van der Waals surface area (Å²) in [5.41, 5.74) is 1.48. The summed E-state index contributed by atoms with van der Waals surface area (Å²) < 4.78 is 74.5. The van der Waals surface area contributed by atoms with Crippen LogP contribution in [-0.2, 0) is 27.6 Å². The number of carboxylic acid groups (broad SMARTS) is 1. The van der Waals surface area contributed by atoms with Crippen molar-refractivity contribution in [3.63, 3.8) is 0 Å². The smallest absolute Gasteiger partial charge is 0.416 e. The molecule has 0 radical (unpaired) electrons. The second kappa shape index (κ2) is 11.6. The van der Waals surface area contributed by atoms with Gasteiger partial charge in [0.2, 0.25) is 4.34 Å². The van der Waals surface area contributed by atoms with E-state index in [0.29, 0.717) is 16.8 Å². The van der Waals surface area contributed by atoms with Crippen molar-refractivity contribution in [1.82, 2.24) is 4.98 Å². The molecule has 2 aromatic carbocycles. The van der Waals surface area contributed by atoms with Crippen molar-refractivity contribution >= 4 is 39.1 Å². The minimum absolute atomic E-state index is 0.00762. The fourth-order valence-electron chi connectivity index (χ4n) is 3.52. The molecule has 12 heteroatoms. The predicted molar refractivity (Wildman–Crippen MR) is 140 cm³/mol. The van der Waals surface area contributed by atoms with E-state index in [1.54, 1.807) is 51.3 Å². The van der Waals surface area contributed by atoms with Crippen LogP contribution in [0.1, 0.15) is 41.8 Å². The Labute approximate surface area is 223 Å². The van der Waals surface area contributed by atoms with Crippen molar-refractivity contribution < 1.29 is 36.2 Å². The molecule has 0 aliphatic heterocycles. The zero-order valence-electron chi connectivity index (χ0n) is 21.1. The van der Waals surface area contributed by atoms with E-state index in [9.17, 15) is 26.4 Å². The highest BCUT2D eigenvalue weighted by Gasteiger charge is 2.35. The average Bonchev–Trinajstić information content (AvgIpc) is 3.27. The first-order valence-corrected chi connectivity index (χ1v) is 13.8. The largest absolute Gasteiger partial charge is 0.487 e. The minimum Gasteiger partial charge on any atom is -0.487 e. The number of rotatable bonds is 10. The van der Waals surface area contributed by atoms with Gasteiger partial charge in [-0.25, -0.2) is 9.78 Å². The fourth-order valence-corrected chi connectivity index (χ4v) is 6.30. The maximum absolute atomic E-state index is 13.6. The van der Waals surface area contributed by atoms with E-state index in [2.05, 4.69) is 4.98 Å². The first-order valence-electron chi connectivity index (χ1n) is 11.5. The number of carbonyl (C=O) groups is 1. The van der Waals surface area contributed by atoms with Gasteiger partial charge >= 0.3 is 12.1 Å². The van der Waals surface area contributed by atoms with Gasteiger partial charge in [-0.05, 0) is 60.7 Å². The van der Waals surface area contributed by atoms with Crippen LogP contribution in [0.2, 0.25) is 0 Å². The van der Waals surface area contributed by atoms with Crippen LogP contribution in [0, 0.1) is 19.8 Å². The lowest BCUT2D eigenvalue weighted by atomic mass is 10.1. The van der Waals surface area contributed by atoms with E-state index in [4.69, 9.17) is 9.84 Å². The van der Waals surface area contributed by atoms with Gasteiger partial charge in [-0.1, -0.05) is 32.0 Å². The van der Waals surface area contributed by atoms with E-state index in [0.717, 1.165) is 45.5 Å². The first kappa shape index (κ1) is 29.2. The summed E-state index contributed by atoms with van der Waals surface area (Å²) in [6.45, 7) is 6.85. The number of nitrogens with zero attached hydrogens (tertiary/aromatic N) is 2. The number of hydrogen-bond donors (Lipinski definition) is 1. The van der Waals surface area contributed by atoms with Crippen LogP contribution < -0.4 is 9.04 Å². The average molecular weight is 569 g/mol. The van der Waals surface area contributed by atoms with Gasteiger partial charge in [0.05, 0.1) is 11.3 Å². The number of alkyl halides is 3. The van der Waals surface area contributed by atoms with Gasteiger partial charge in [0.15, 0.2) is 0 Å². The Kier molecular flexibility index (Phi) is 8.88. The van der Waals surface area contributed by atoms with Gasteiger partial charge in [0, 0.05) is 23.7 Å².